The van der Waals surface area contributed by atoms with Crippen LogP contribution in [0.2, 0.25) is 0 Å². The predicted octanol–water partition coefficient (Wildman–Crippen LogP) is 7.02. The molecule has 0 rings (SSSR count). The molecule has 0 N–H and O–H groups in total. The Morgan fingerprint density at radius 1 is 0.600 bits per heavy atom. The summed E-state index contributed by atoms with van der Waals surface area (Å²) in [6.07, 6.45) is 23.5. The van der Waals surface area contributed by atoms with E-state index in [-0.39, 0.29) is 0 Å². The Bertz CT molecular complexity index is 186. The van der Waals surface area contributed by atoms with Gasteiger partial charge >= 0.3 is 0 Å². The molecule has 0 radical (unpaired) electrons. The van der Waals surface area contributed by atoms with Crippen molar-refractivity contribution in [3.8, 4) is 0 Å². The lowest BCUT2D eigenvalue weighted by atomic mass is 10.0. The van der Waals surface area contributed by atoms with Crippen LogP contribution < -0.4 is 0 Å². The van der Waals surface area contributed by atoms with E-state index in [1.807, 2.05) is 13.0 Å². The minimum atomic E-state index is 0.891. The smallest absolute Gasteiger partial charge is 0.0873 e. The first kappa shape index (κ1) is 19.5. The standard InChI is InChI=1S/C19H38O/c1-3-5-6-7-8-9-10-11-12-13-14-15-16-17-19-20-18-4-2/h4,18H,3,5-17,19H2,1-2H3. The molecule has 0 aromatic carbocycles. The van der Waals surface area contributed by atoms with E-state index in [1.54, 1.807) is 6.26 Å². The highest BCUT2D eigenvalue weighted by Crippen LogP contribution is 2.12. The van der Waals surface area contributed by atoms with Gasteiger partial charge in [-0.2, -0.15) is 0 Å². The first-order chi connectivity index (χ1) is 9.91. The molecule has 0 saturated carbocycles. The van der Waals surface area contributed by atoms with Crippen LogP contribution in [0.15, 0.2) is 12.3 Å². The summed E-state index contributed by atoms with van der Waals surface area (Å²) < 4.78 is 5.31. The zero-order valence-corrected chi connectivity index (χ0v) is 14.2. The molecule has 0 fully saturated rings. The minimum absolute atomic E-state index is 0.891. The molecule has 0 heterocycles. The highest BCUT2D eigenvalue weighted by atomic mass is 16.5. The van der Waals surface area contributed by atoms with E-state index in [1.165, 1.54) is 89.9 Å². The molecule has 0 amide bonds. The van der Waals surface area contributed by atoms with E-state index in [0.29, 0.717) is 0 Å². The highest BCUT2D eigenvalue weighted by Gasteiger charge is 1.93. The molecule has 0 aromatic heterocycles. The highest BCUT2D eigenvalue weighted by molar-refractivity contribution is 4.64. The largest absolute Gasteiger partial charge is 0.502 e. The Hall–Kier alpha value is -0.460. The van der Waals surface area contributed by atoms with Gasteiger partial charge in [0.1, 0.15) is 0 Å². The maximum Gasteiger partial charge on any atom is 0.0873 e. The third-order valence-electron chi connectivity index (χ3n) is 3.85. The Morgan fingerprint density at radius 3 is 1.40 bits per heavy atom. The minimum Gasteiger partial charge on any atom is -0.502 e. The van der Waals surface area contributed by atoms with Crippen LogP contribution in [0, 0.1) is 0 Å². The molecule has 0 saturated heterocycles. The monoisotopic (exact) mass is 282 g/mol. The van der Waals surface area contributed by atoms with E-state index in [2.05, 4.69) is 6.92 Å². The first-order valence-corrected chi connectivity index (χ1v) is 9.14. The molecule has 0 unspecified atom stereocenters. The zero-order valence-electron chi connectivity index (χ0n) is 14.2. The number of hydrogen-bond donors (Lipinski definition) is 0. The Labute approximate surface area is 128 Å². The third kappa shape index (κ3) is 17.5. The van der Waals surface area contributed by atoms with Gasteiger partial charge in [-0.3, -0.25) is 0 Å². The molecular weight excluding hydrogens is 244 g/mol. The summed E-state index contributed by atoms with van der Waals surface area (Å²) in [5.74, 6) is 0. The van der Waals surface area contributed by atoms with Crippen molar-refractivity contribution in [1.29, 1.82) is 0 Å². The molecule has 1 nitrogen and oxygen atoms in total. The second kappa shape index (κ2) is 18.5. The number of allylic oxidation sites excluding steroid dienone is 1. The quantitative estimate of drug-likeness (QED) is 0.218. The number of ether oxygens (including phenoxy) is 1. The van der Waals surface area contributed by atoms with E-state index in [4.69, 9.17) is 4.74 Å². The van der Waals surface area contributed by atoms with Crippen LogP contribution in [0.25, 0.3) is 0 Å². The molecule has 0 aliphatic carbocycles. The summed E-state index contributed by atoms with van der Waals surface area (Å²) in [5, 5.41) is 0. The number of rotatable bonds is 16. The molecule has 0 aliphatic heterocycles. The van der Waals surface area contributed by atoms with Gasteiger partial charge in [0.15, 0.2) is 0 Å². The predicted molar refractivity (Wildman–Crippen MR) is 91.1 cm³/mol. The van der Waals surface area contributed by atoms with Crippen LogP contribution in [0.3, 0.4) is 0 Å². The molecule has 120 valence electrons. The summed E-state index contributed by atoms with van der Waals surface area (Å²) in [6.45, 7) is 5.17. The van der Waals surface area contributed by atoms with Gasteiger partial charge in [-0.1, -0.05) is 96.5 Å². The summed E-state index contributed by atoms with van der Waals surface area (Å²) >= 11 is 0. The Balaban J connectivity index is 2.92. The molecule has 0 spiro atoms. The molecule has 1 heteroatoms. The van der Waals surface area contributed by atoms with Crippen molar-refractivity contribution in [2.24, 2.45) is 0 Å². The van der Waals surface area contributed by atoms with Gasteiger partial charge in [0, 0.05) is 0 Å². The van der Waals surface area contributed by atoms with Crippen molar-refractivity contribution in [3.63, 3.8) is 0 Å². The van der Waals surface area contributed by atoms with Gasteiger partial charge < -0.3 is 4.74 Å². The fourth-order valence-corrected chi connectivity index (χ4v) is 2.54. The lowest BCUT2D eigenvalue weighted by Gasteiger charge is -2.03. The van der Waals surface area contributed by atoms with Crippen molar-refractivity contribution in [1.82, 2.24) is 0 Å². The Morgan fingerprint density at radius 2 is 1.00 bits per heavy atom. The van der Waals surface area contributed by atoms with Crippen molar-refractivity contribution in [2.45, 2.75) is 104 Å². The fourth-order valence-electron chi connectivity index (χ4n) is 2.54. The zero-order chi connectivity index (χ0) is 14.7. The van der Waals surface area contributed by atoms with Gasteiger partial charge in [-0.05, 0) is 13.3 Å². The van der Waals surface area contributed by atoms with Gasteiger partial charge in [0.05, 0.1) is 12.9 Å². The van der Waals surface area contributed by atoms with E-state index < -0.39 is 0 Å². The van der Waals surface area contributed by atoms with Crippen molar-refractivity contribution < 1.29 is 4.74 Å². The van der Waals surface area contributed by atoms with E-state index in [9.17, 15) is 0 Å². The van der Waals surface area contributed by atoms with Crippen molar-refractivity contribution in [3.05, 3.63) is 12.3 Å². The number of hydrogen-bond acceptors (Lipinski definition) is 1. The van der Waals surface area contributed by atoms with Crippen LogP contribution in [0.4, 0.5) is 0 Å². The molecule has 0 bridgehead atoms. The molecular formula is C19H38O. The van der Waals surface area contributed by atoms with Crippen LogP contribution in [-0.2, 0) is 4.74 Å². The Kier molecular flexibility index (Phi) is 18.1. The fraction of sp³-hybridized carbons (Fsp3) is 0.895. The van der Waals surface area contributed by atoms with Crippen LogP contribution >= 0.6 is 0 Å². The normalized spacial score (nSPS) is 11.3. The average molecular weight is 283 g/mol. The summed E-state index contributed by atoms with van der Waals surface area (Å²) in [5.41, 5.74) is 0. The maximum absolute atomic E-state index is 5.31. The van der Waals surface area contributed by atoms with Crippen LogP contribution in [0.1, 0.15) is 104 Å². The lowest BCUT2D eigenvalue weighted by Crippen LogP contribution is -1.88. The van der Waals surface area contributed by atoms with E-state index >= 15 is 0 Å². The lowest BCUT2D eigenvalue weighted by molar-refractivity contribution is 0.240. The maximum atomic E-state index is 5.31. The molecule has 20 heavy (non-hydrogen) atoms. The van der Waals surface area contributed by atoms with Gasteiger partial charge in [-0.25, -0.2) is 0 Å². The van der Waals surface area contributed by atoms with Crippen molar-refractivity contribution >= 4 is 0 Å². The van der Waals surface area contributed by atoms with Crippen LogP contribution in [0.5, 0.6) is 0 Å². The SMILES string of the molecule is CC=COCCCCCCCCCCCCCCCC. The molecule has 0 aromatic rings. The topological polar surface area (TPSA) is 9.23 Å². The second-order valence-corrected chi connectivity index (χ2v) is 5.94. The third-order valence-corrected chi connectivity index (χ3v) is 3.85. The summed E-state index contributed by atoms with van der Waals surface area (Å²) in [6, 6.07) is 0. The second-order valence-electron chi connectivity index (χ2n) is 5.94. The first-order valence-electron chi connectivity index (χ1n) is 9.14. The van der Waals surface area contributed by atoms with Gasteiger partial charge in [0.25, 0.3) is 0 Å². The number of unbranched alkanes of at least 4 members (excludes halogenated alkanes) is 13. The summed E-state index contributed by atoms with van der Waals surface area (Å²) in [4.78, 5) is 0. The summed E-state index contributed by atoms with van der Waals surface area (Å²) in [7, 11) is 0. The molecule has 0 aliphatic rings. The van der Waals surface area contributed by atoms with Crippen LogP contribution in [-0.4, -0.2) is 6.61 Å². The van der Waals surface area contributed by atoms with Gasteiger partial charge in [-0.15, -0.1) is 0 Å². The van der Waals surface area contributed by atoms with Gasteiger partial charge in [0.2, 0.25) is 0 Å². The van der Waals surface area contributed by atoms with Crippen molar-refractivity contribution in [2.75, 3.05) is 6.61 Å². The molecule has 0 atom stereocenters. The van der Waals surface area contributed by atoms with E-state index in [0.717, 1.165) is 6.61 Å². The average Bonchev–Trinajstić information content (AvgIpc) is 2.47.